The second kappa shape index (κ2) is 9.29. The molecule has 0 spiro atoms. The summed E-state index contributed by atoms with van der Waals surface area (Å²) in [7, 11) is 0. The predicted molar refractivity (Wildman–Crippen MR) is 95.8 cm³/mol. The Balaban J connectivity index is 1.94. The Bertz CT molecular complexity index is 501. The van der Waals surface area contributed by atoms with Gasteiger partial charge in [-0.1, -0.05) is 31.4 Å². The number of likely N-dealkylation sites (tertiary alicyclic amines) is 1. The second-order valence-electron chi connectivity index (χ2n) is 6.38. The third kappa shape index (κ3) is 5.50. The summed E-state index contributed by atoms with van der Waals surface area (Å²) in [4.78, 5) is 14.8. The fourth-order valence-corrected chi connectivity index (χ4v) is 3.30. The van der Waals surface area contributed by atoms with E-state index in [1.807, 2.05) is 13.0 Å². The molecule has 1 heterocycles. The van der Waals surface area contributed by atoms with Crippen molar-refractivity contribution in [3.05, 3.63) is 28.3 Å². The minimum Gasteiger partial charge on any atom is -0.492 e. The summed E-state index contributed by atoms with van der Waals surface area (Å²) in [6.45, 7) is 7.84. The first kappa shape index (κ1) is 18.3. The molecule has 0 aliphatic carbocycles. The van der Waals surface area contributed by atoms with Gasteiger partial charge in [0.05, 0.1) is 11.6 Å². The number of ether oxygens (including phenoxy) is 1. The molecule has 1 aliphatic heterocycles. The maximum atomic E-state index is 12.4. The van der Waals surface area contributed by atoms with E-state index >= 15 is 0 Å². The highest BCUT2D eigenvalue weighted by Gasteiger charge is 2.15. The van der Waals surface area contributed by atoms with Crippen LogP contribution in [0.4, 0.5) is 0 Å². The van der Waals surface area contributed by atoms with Gasteiger partial charge < -0.3 is 9.64 Å². The van der Waals surface area contributed by atoms with Crippen molar-refractivity contribution in [3.63, 3.8) is 0 Å². The van der Waals surface area contributed by atoms with Crippen LogP contribution in [0, 0.1) is 6.92 Å². The molecule has 0 unspecified atom stereocenters. The van der Waals surface area contributed by atoms with Gasteiger partial charge >= 0.3 is 0 Å². The van der Waals surface area contributed by atoms with Crippen LogP contribution >= 0.6 is 11.6 Å². The maximum absolute atomic E-state index is 12.4. The third-order valence-corrected chi connectivity index (χ3v) is 4.68. The van der Waals surface area contributed by atoms with Crippen LogP contribution in [0.1, 0.15) is 61.4 Å². The Hall–Kier alpha value is -1.06. The second-order valence-corrected chi connectivity index (χ2v) is 6.79. The Kier molecular flexibility index (Phi) is 7.38. The summed E-state index contributed by atoms with van der Waals surface area (Å²) in [5.41, 5.74) is 1.64. The molecule has 0 saturated carbocycles. The lowest BCUT2D eigenvalue weighted by atomic mass is 10.0. The minimum atomic E-state index is 0.167. The van der Waals surface area contributed by atoms with E-state index in [4.69, 9.17) is 16.3 Å². The summed E-state index contributed by atoms with van der Waals surface area (Å²) in [5, 5.41) is 0.544. The zero-order chi connectivity index (χ0) is 16.7. The zero-order valence-electron chi connectivity index (χ0n) is 14.4. The molecule has 1 aromatic carbocycles. The molecule has 0 amide bonds. The first-order valence-electron chi connectivity index (χ1n) is 8.80. The van der Waals surface area contributed by atoms with E-state index in [9.17, 15) is 4.79 Å². The summed E-state index contributed by atoms with van der Waals surface area (Å²) in [5.74, 6) is 0.883. The SMILES string of the molecule is CCCCOc1c(C)cc(C(=O)CCN2CCCCC2)cc1Cl. The number of piperidine rings is 1. The van der Waals surface area contributed by atoms with Gasteiger partial charge in [-0.05, 0) is 57.0 Å². The Morgan fingerprint density at radius 2 is 2.00 bits per heavy atom. The summed E-state index contributed by atoms with van der Waals surface area (Å²) in [6.07, 6.45) is 6.48. The molecule has 1 fully saturated rings. The molecule has 128 valence electrons. The quantitative estimate of drug-likeness (QED) is 0.500. The summed E-state index contributed by atoms with van der Waals surface area (Å²) in [6, 6.07) is 3.67. The van der Waals surface area contributed by atoms with Crippen molar-refractivity contribution in [2.45, 2.75) is 52.4 Å². The van der Waals surface area contributed by atoms with Crippen molar-refractivity contribution in [3.8, 4) is 5.75 Å². The number of hydrogen-bond acceptors (Lipinski definition) is 3. The molecule has 23 heavy (non-hydrogen) atoms. The molecule has 0 bridgehead atoms. The van der Waals surface area contributed by atoms with Gasteiger partial charge in [-0.25, -0.2) is 0 Å². The van der Waals surface area contributed by atoms with E-state index in [2.05, 4.69) is 11.8 Å². The number of nitrogens with zero attached hydrogens (tertiary/aromatic N) is 1. The molecule has 3 nitrogen and oxygen atoms in total. The minimum absolute atomic E-state index is 0.167. The lowest BCUT2D eigenvalue weighted by Crippen LogP contribution is -2.31. The Morgan fingerprint density at radius 3 is 2.65 bits per heavy atom. The molecular formula is C19H28ClNO2. The van der Waals surface area contributed by atoms with E-state index in [-0.39, 0.29) is 5.78 Å². The number of carbonyl (C=O) groups excluding carboxylic acids is 1. The zero-order valence-corrected chi connectivity index (χ0v) is 15.1. The number of unbranched alkanes of at least 4 members (excludes halogenated alkanes) is 1. The van der Waals surface area contributed by atoms with Crippen LogP contribution in [-0.4, -0.2) is 36.9 Å². The summed E-state index contributed by atoms with van der Waals surface area (Å²) < 4.78 is 5.75. The number of rotatable bonds is 8. The number of benzene rings is 1. The molecule has 2 rings (SSSR count). The van der Waals surface area contributed by atoms with E-state index < -0.39 is 0 Å². The molecule has 0 atom stereocenters. The van der Waals surface area contributed by atoms with E-state index in [0.29, 0.717) is 29.4 Å². The molecule has 1 aliphatic rings. The van der Waals surface area contributed by atoms with Crippen molar-refractivity contribution in [1.82, 2.24) is 4.90 Å². The monoisotopic (exact) mass is 337 g/mol. The number of Topliss-reactive ketones (excluding diaryl/α,β-unsaturated/α-hetero) is 1. The van der Waals surface area contributed by atoms with E-state index in [1.165, 1.54) is 19.3 Å². The average Bonchev–Trinajstić information content (AvgIpc) is 2.56. The van der Waals surface area contributed by atoms with Crippen LogP contribution in [0.5, 0.6) is 5.75 Å². The molecule has 1 aromatic rings. The molecule has 0 radical (unpaired) electrons. The number of ketones is 1. The Morgan fingerprint density at radius 1 is 1.26 bits per heavy atom. The summed E-state index contributed by atoms with van der Waals surface area (Å²) >= 11 is 6.32. The first-order valence-corrected chi connectivity index (χ1v) is 9.18. The number of aryl methyl sites for hydroxylation is 1. The van der Waals surface area contributed by atoms with Crippen LogP contribution in [0.3, 0.4) is 0 Å². The largest absolute Gasteiger partial charge is 0.492 e. The predicted octanol–water partition coefficient (Wildman–Crippen LogP) is 4.89. The van der Waals surface area contributed by atoms with Gasteiger partial charge in [0, 0.05) is 18.5 Å². The van der Waals surface area contributed by atoms with Gasteiger partial charge in [0.15, 0.2) is 5.78 Å². The molecule has 4 heteroatoms. The van der Waals surface area contributed by atoms with Gasteiger partial charge in [-0.2, -0.15) is 0 Å². The van der Waals surface area contributed by atoms with Crippen molar-refractivity contribution in [2.75, 3.05) is 26.2 Å². The van der Waals surface area contributed by atoms with Gasteiger partial charge in [-0.15, -0.1) is 0 Å². The fourth-order valence-electron chi connectivity index (χ4n) is 2.98. The molecule has 0 N–H and O–H groups in total. The fraction of sp³-hybridized carbons (Fsp3) is 0.632. The van der Waals surface area contributed by atoms with Gasteiger partial charge in [0.1, 0.15) is 5.75 Å². The highest BCUT2D eigenvalue weighted by Crippen LogP contribution is 2.30. The van der Waals surface area contributed by atoms with Gasteiger partial charge in [-0.3, -0.25) is 4.79 Å². The lowest BCUT2D eigenvalue weighted by Gasteiger charge is -2.26. The van der Waals surface area contributed by atoms with Crippen LogP contribution in [0.2, 0.25) is 5.02 Å². The molecular weight excluding hydrogens is 310 g/mol. The van der Waals surface area contributed by atoms with Crippen LogP contribution in [0.25, 0.3) is 0 Å². The van der Waals surface area contributed by atoms with Crippen molar-refractivity contribution in [2.24, 2.45) is 0 Å². The maximum Gasteiger partial charge on any atom is 0.164 e. The van der Waals surface area contributed by atoms with Crippen LogP contribution < -0.4 is 4.74 Å². The van der Waals surface area contributed by atoms with Crippen LogP contribution in [-0.2, 0) is 0 Å². The highest BCUT2D eigenvalue weighted by molar-refractivity contribution is 6.32. The van der Waals surface area contributed by atoms with E-state index in [0.717, 1.165) is 38.0 Å². The number of carbonyl (C=O) groups is 1. The molecule has 0 aromatic heterocycles. The van der Waals surface area contributed by atoms with Gasteiger partial charge in [0.2, 0.25) is 0 Å². The standard InChI is InChI=1S/C19H28ClNO2/c1-3-4-12-23-19-15(2)13-16(14-17(19)20)18(22)8-11-21-9-6-5-7-10-21/h13-14H,3-12H2,1-2H3. The van der Waals surface area contributed by atoms with Gasteiger partial charge in [0.25, 0.3) is 0 Å². The average molecular weight is 338 g/mol. The Labute approximate surface area is 145 Å². The highest BCUT2D eigenvalue weighted by atomic mass is 35.5. The number of halogens is 1. The van der Waals surface area contributed by atoms with E-state index in [1.54, 1.807) is 6.07 Å². The van der Waals surface area contributed by atoms with Crippen molar-refractivity contribution < 1.29 is 9.53 Å². The smallest absolute Gasteiger partial charge is 0.164 e. The lowest BCUT2D eigenvalue weighted by molar-refractivity contribution is 0.0958. The normalized spacial score (nSPS) is 15.6. The van der Waals surface area contributed by atoms with Crippen molar-refractivity contribution >= 4 is 17.4 Å². The topological polar surface area (TPSA) is 29.5 Å². The van der Waals surface area contributed by atoms with Crippen molar-refractivity contribution in [1.29, 1.82) is 0 Å². The molecule has 1 saturated heterocycles. The number of hydrogen-bond donors (Lipinski definition) is 0. The van der Waals surface area contributed by atoms with Crippen LogP contribution in [0.15, 0.2) is 12.1 Å². The third-order valence-electron chi connectivity index (χ3n) is 4.40. The first-order chi connectivity index (χ1) is 11.1.